The molecule has 4 heteroatoms. The minimum atomic E-state index is -0.375. The molecule has 1 amide bonds. The molecular formula is C22H20FNO2. The molecule has 3 nitrogen and oxygen atoms in total. The lowest BCUT2D eigenvalue weighted by Crippen LogP contribution is -2.11. The van der Waals surface area contributed by atoms with E-state index in [1.165, 1.54) is 29.8 Å². The topological polar surface area (TPSA) is 38.3 Å². The van der Waals surface area contributed by atoms with Gasteiger partial charge >= 0.3 is 0 Å². The summed E-state index contributed by atoms with van der Waals surface area (Å²) in [7, 11) is 0. The van der Waals surface area contributed by atoms with Gasteiger partial charge in [-0.2, -0.15) is 0 Å². The molecule has 3 aromatic rings. The van der Waals surface area contributed by atoms with Crippen LogP contribution in [0.4, 0.5) is 10.1 Å². The molecule has 0 saturated carbocycles. The van der Waals surface area contributed by atoms with E-state index in [0.29, 0.717) is 22.9 Å². The van der Waals surface area contributed by atoms with Crippen molar-refractivity contribution in [2.45, 2.75) is 19.8 Å². The van der Waals surface area contributed by atoms with E-state index in [1.54, 1.807) is 18.2 Å². The maximum atomic E-state index is 13.0. The van der Waals surface area contributed by atoms with Crippen LogP contribution in [0.5, 0.6) is 11.5 Å². The summed E-state index contributed by atoms with van der Waals surface area (Å²) >= 11 is 0. The molecule has 1 N–H and O–H groups in total. The summed E-state index contributed by atoms with van der Waals surface area (Å²) in [6.07, 6.45) is 0. The molecule has 132 valence electrons. The number of amides is 1. The van der Waals surface area contributed by atoms with Gasteiger partial charge in [0.2, 0.25) is 0 Å². The predicted octanol–water partition coefficient (Wildman–Crippen LogP) is 5.99. The normalized spacial score (nSPS) is 10.6. The molecule has 0 heterocycles. The lowest BCUT2D eigenvalue weighted by Gasteiger charge is -2.10. The summed E-state index contributed by atoms with van der Waals surface area (Å²) in [4.78, 5) is 12.2. The van der Waals surface area contributed by atoms with Crippen LogP contribution < -0.4 is 10.1 Å². The largest absolute Gasteiger partial charge is 0.457 e. The standard InChI is InChI=1S/C22H20FNO2/c1-15(2)16-8-12-20(13-9-16)26-21-5-3-4-19(14-21)24-22(25)17-6-10-18(23)11-7-17/h3-15H,1-2H3,(H,24,25). The van der Waals surface area contributed by atoms with Crippen LogP contribution >= 0.6 is 0 Å². The van der Waals surface area contributed by atoms with Gasteiger partial charge < -0.3 is 10.1 Å². The molecule has 0 fully saturated rings. The van der Waals surface area contributed by atoms with Crippen molar-refractivity contribution in [2.24, 2.45) is 0 Å². The molecule has 0 aliphatic heterocycles. The SMILES string of the molecule is CC(C)c1ccc(Oc2cccc(NC(=O)c3ccc(F)cc3)c2)cc1. The lowest BCUT2D eigenvalue weighted by atomic mass is 10.0. The van der Waals surface area contributed by atoms with Crippen LogP contribution in [-0.2, 0) is 0 Å². The molecule has 0 aromatic heterocycles. The van der Waals surface area contributed by atoms with Crippen LogP contribution in [0.25, 0.3) is 0 Å². The lowest BCUT2D eigenvalue weighted by molar-refractivity contribution is 0.102. The quantitative estimate of drug-likeness (QED) is 0.614. The van der Waals surface area contributed by atoms with E-state index >= 15 is 0 Å². The van der Waals surface area contributed by atoms with Gasteiger partial charge in [-0.3, -0.25) is 4.79 Å². The zero-order valence-electron chi connectivity index (χ0n) is 14.7. The third-order valence-corrected chi connectivity index (χ3v) is 3.98. The van der Waals surface area contributed by atoms with E-state index in [2.05, 4.69) is 19.2 Å². The first-order valence-corrected chi connectivity index (χ1v) is 8.46. The van der Waals surface area contributed by atoms with Gasteiger partial charge in [0.25, 0.3) is 5.91 Å². The monoisotopic (exact) mass is 349 g/mol. The second kappa shape index (κ2) is 7.83. The Morgan fingerprint density at radius 3 is 2.27 bits per heavy atom. The molecule has 3 aromatic carbocycles. The number of halogens is 1. The molecule has 0 atom stereocenters. The van der Waals surface area contributed by atoms with Crippen LogP contribution in [0.3, 0.4) is 0 Å². The van der Waals surface area contributed by atoms with Crippen molar-refractivity contribution in [3.63, 3.8) is 0 Å². The Bertz CT molecular complexity index is 887. The number of carbonyl (C=O) groups is 1. The van der Waals surface area contributed by atoms with E-state index in [0.717, 1.165) is 5.75 Å². The smallest absolute Gasteiger partial charge is 0.255 e. The zero-order valence-corrected chi connectivity index (χ0v) is 14.7. The average Bonchev–Trinajstić information content (AvgIpc) is 2.63. The Hall–Kier alpha value is -3.14. The van der Waals surface area contributed by atoms with Crippen molar-refractivity contribution >= 4 is 11.6 Å². The van der Waals surface area contributed by atoms with Crippen molar-refractivity contribution in [2.75, 3.05) is 5.32 Å². The van der Waals surface area contributed by atoms with Gasteiger partial charge in [0, 0.05) is 17.3 Å². The summed E-state index contributed by atoms with van der Waals surface area (Å²) in [5, 5.41) is 2.79. The molecule has 0 bridgehead atoms. The van der Waals surface area contributed by atoms with Crippen LogP contribution in [0.2, 0.25) is 0 Å². The number of nitrogens with one attached hydrogen (secondary N) is 1. The first-order chi connectivity index (χ1) is 12.5. The average molecular weight is 349 g/mol. The fraction of sp³-hybridized carbons (Fsp3) is 0.136. The zero-order chi connectivity index (χ0) is 18.5. The fourth-order valence-electron chi connectivity index (χ4n) is 2.50. The maximum Gasteiger partial charge on any atom is 0.255 e. The van der Waals surface area contributed by atoms with Gasteiger partial charge in [-0.15, -0.1) is 0 Å². The first kappa shape index (κ1) is 17.7. The molecular weight excluding hydrogens is 329 g/mol. The highest BCUT2D eigenvalue weighted by molar-refractivity contribution is 6.04. The molecule has 0 unspecified atom stereocenters. The minimum Gasteiger partial charge on any atom is -0.457 e. The van der Waals surface area contributed by atoms with Crippen LogP contribution in [0.1, 0.15) is 35.7 Å². The van der Waals surface area contributed by atoms with Gasteiger partial charge in [-0.1, -0.05) is 32.0 Å². The van der Waals surface area contributed by atoms with Crippen molar-refractivity contribution < 1.29 is 13.9 Å². The Morgan fingerprint density at radius 2 is 1.62 bits per heavy atom. The van der Waals surface area contributed by atoms with Crippen LogP contribution in [0, 0.1) is 5.82 Å². The van der Waals surface area contributed by atoms with Crippen molar-refractivity contribution in [3.05, 3.63) is 89.7 Å². The van der Waals surface area contributed by atoms with Crippen molar-refractivity contribution in [3.8, 4) is 11.5 Å². The van der Waals surface area contributed by atoms with E-state index in [1.807, 2.05) is 30.3 Å². The second-order valence-corrected chi connectivity index (χ2v) is 6.31. The number of ether oxygens (including phenoxy) is 1. The van der Waals surface area contributed by atoms with E-state index in [9.17, 15) is 9.18 Å². The number of rotatable bonds is 5. The number of hydrogen-bond donors (Lipinski definition) is 1. The maximum absolute atomic E-state index is 13.0. The highest BCUT2D eigenvalue weighted by Crippen LogP contribution is 2.26. The van der Waals surface area contributed by atoms with Gasteiger partial charge in [0.05, 0.1) is 0 Å². The number of benzene rings is 3. The fourth-order valence-corrected chi connectivity index (χ4v) is 2.50. The van der Waals surface area contributed by atoms with Gasteiger partial charge in [-0.05, 0) is 60.0 Å². The molecule has 0 spiro atoms. The van der Waals surface area contributed by atoms with Crippen LogP contribution in [-0.4, -0.2) is 5.91 Å². The summed E-state index contributed by atoms with van der Waals surface area (Å²) in [6.45, 7) is 4.28. The Labute approximate surface area is 152 Å². The molecule has 26 heavy (non-hydrogen) atoms. The third-order valence-electron chi connectivity index (χ3n) is 3.98. The van der Waals surface area contributed by atoms with Gasteiger partial charge in [-0.25, -0.2) is 4.39 Å². The third kappa shape index (κ3) is 4.48. The summed E-state index contributed by atoms with van der Waals surface area (Å²) < 4.78 is 18.8. The van der Waals surface area contributed by atoms with Crippen molar-refractivity contribution in [1.29, 1.82) is 0 Å². The summed E-state index contributed by atoms with van der Waals surface area (Å²) in [5.41, 5.74) is 2.25. The first-order valence-electron chi connectivity index (χ1n) is 8.46. The highest BCUT2D eigenvalue weighted by atomic mass is 19.1. The predicted molar refractivity (Wildman–Crippen MR) is 101 cm³/mol. The van der Waals surface area contributed by atoms with E-state index in [4.69, 9.17) is 4.74 Å². The second-order valence-electron chi connectivity index (χ2n) is 6.31. The van der Waals surface area contributed by atoms with Gasteiger partial charge in [0.1, 0.15) is 17.3 Å². The van der Waals surface area contributed by atoms with E-state index < -0.39 is 0 Å². The number of carbonyl (C=O) groups excluding carboxylic acids is 1. The summed E-state index contributed by atoms with van der Waals surface area (Å²) in [6, 6.07) is 20.5. The molecule has 3 rings (SSSR count). The molecule has 0 radical (unpaired) electrons. The summed E-state index contributed by atoms with van der Waals surface area (Å²) in [5.74, 6) is 1.15. The van der Waals surface area contributed by atoms with E-state index in [-0.39, 0.29) is 11.7 Å². The Balaban J connectivity index is 1.69. The molecule has 0 aliphatic carbocycles. The van der Waals surface area contributed by atoms with Crippen LogP contribution in [0.15, 0.2) is 72.8 Å². The molecule has 0 saturated heterocycles. The Kier molecular flexibility index (Phi) is 5.32. The highest BCUT2D eigenvalue weighted by Gasteiger charge is 2.07. The van der Waals surface area contributed by atoms with Crippen molar-refractivity contribution in [1.82, 2.24) is 0 Å². The minimum absolute atomic E-state index is 0.302. The Morgan fingerprint density at radius 1 is 0.923 bits per heavy atom. The number of anilines is 1. The number of hydrogen-bond acceptors (Lipinski definition) is 2. The van der Waals surface area contributed by atoms with Gasteiger partial charge in [0.15, 0.2) is 0 Å². The molecule has 0 aliphatic rings.